The van der Waals surface area contributed by atoms with Gasteiger partial charge >= 0.3 is 0 Å². The molecule has 0 aliphatic heterocycles. The van der Waals surface area contributed by atoms with Crippen molar-refractivity contribution < 1.29 is 9.90 Å². The summed E-state index contributed by atoms with van der Waals surface area (Å²) in [5, 5.41) is 12.2. The molecule has 0 bridgehead atoms. The molecule has 0 spiro atoms. The molecule has 0 fully saturated rings. The summed E-state index contributed by atoms with van der Waals surface area (Å²) in [6.45, 7) is 1.87. The Labute approximate surface area is 110 Å². The van der Waals surface area contributed by atoms with Crippen LogP contribution >= 0.6 is 23.4 Å². The van der Waals surface area contributed by atoms with Crippen molar-refractivity contribution in [1.82, 2.24) is 10.3 Å². The predicted molar refractivity (Wildman–Crippen MR) is 70.6 cm³/mol. The van der Waals surface area contributed by atoms with Gasteiger partial charge in [-0.05, 0) is 25.3 Å². The number of aliphatic hydroxyl groups is 1. The highest BCUT2D eigenvalue weighted by atomic mass is 35.5. The molecule has 0 aliphatic rings. The van der Waals surface area contributed by atoms with E-state index in [-0.39, 0.29) is 34.7 Å². The fraction of sp³-hybridized carbons (Fsp3) is 0.455. The maximum atomic E-state index is 11.8. The molecule has 2 N–H and O–H groups in total. The number of halogens is 1. The second-order valence-electron chi connectivity index (χ2n) is 3.56. The largest absolute Gasteiger partial charge is 0.395 e. The smallest absolute Gasteiger partial charge is 0.270 e. The molecule has 4 nitrogen and oxygen atoms in total. The molecule has 1 amide bonds. The van der Waals surface area contributed by atoms with Gasteiger partial charge in [0.1, 0.15) is 10.8 Å². The van der Waals surface area contributed by atoms with Gasteiger partial charge in [0.2, 0.25) is 0 Å². The monoisotopic (exact) mass is 274 g/mol. The minimum Gasteiger partial charge on any atom is -0.395 e. The molecule has 1 aromatic heterocycles. The number of hydrogen-bond donors (Lipinski definition) is 2. The number of nitrogens with zero attached hydrogens (tertiary/aromatic N) is 1. The highest BCUT2D eigenvalue weighted by molar-refractivity contribution is 7.99. The van der Waals surface area contributed by atoms with Crippen LogP contribution in [-0.2, 0) is 0 Å². The van der Waals surface area contributed by atoms with Gasteiger partial charge in [-0.15, -0.1) is 0 Å². The molecule has 1 aromatic rings. The number of pyridine rings is 1. The Morgan fingerprint density at radius 1 is 1.65 bits per heavy atom. The molecule has 0 aliphatic carbocycles. The van der Waals surface area contributed by atoms with E-state index < -0.39 is 0 Å². The van der Waals surface area contributed by atoms with Gasteiger partial charge in [0.05, 0.1) is 6.61 Å². The number of hydrogen-bond acceptors (Lipinski definition) is 4. The SMILES string of the molecule is CSC(CO)C(C)NC(=O)c1cccc(Cl)n1. The Kier molecular flexibility index (Phi) is 5.74. The summed E-state index contributed by atoms with van der Waals surface area (Å²) in [5.41, 5.74) is 0.280. The molecule has 17 heavy (non-hydrogen) atoms. The molecule has 2 atom stereocenters. The Balaban J connectivity index is 2.66. The zero-order valence-corrected chi connectivity index (χ0v) is 11.3. The van der Waals surface area contributed by atoms with Crippen LogP contribution in [0.15, 0.2) is 18.2 Å². The van der Waals surface area contributed by atoms with Gasteiger partial charge in [0, 0.05) is 11.3 Å². The van der Waals surface area contributed by atoms with Crippen molar-refractivity contribution in [3.63, 3.8) is 0 Å². The summed E-state index contributed by atoms with van der Waals surface area (Å²) in [7, 11) is 0. The molecule has 1 rings (SSSR count). The van der Waals surface area contributed by atoms with Crippen molar-refractivity contribution in [2.75, 3.05) is 12.9 Å². The Morgan fingerprint density at radius 3 is 2.88 bits per heavy atom. The molecule has 94 valence electrons. The van der Waals surface area contributed by atoms with Crippen LogP contribution < -0.4 is 5.32 Å². The van der Waals surface area contributed by atoms with E-state index in [1.807, 2.05) is 13.2 Å². The number of carbonyl (C=O) groups excluding carboxylic acids is 1. The Hall–Kier alpha value is -0.780. The van der Waals surface area contributed by atoms with E-state index in [9.17, 15) is 4.79 Å². The first-order valence-electron chi connectivity index (χ1n) is 5.15. The van der Waals surface area contributed by atoms with E-state index in [0.717, 1.165) is 0 Å². The van der Waals surface area contributed by atoms with Gasteiger partial charge in [0.15, 0.2) is 0 Å². The lowest BCUT2D eigenvalue weighted by molar-refractivity contribution is 0.0931. The summed E-state index contributed by atoms with van der Waals surface area (Å²) in [6.07, 6.45) is 1.89. The van der Waals surface area contributed by atoms with Crippen LogP contribution in [0.5, 0.6) is 0 Å². The predicted octanol–water partition coefficient (Wildman–Crippen LogP) is 1.58. The first-order chi connectivity index (χ1) is 8.08. The minimum absolute atomic E-state index is 0.0194. The fourth-order valence-electron chi connectivity index (χ4n) is 1.35. The number of thioether (sulfide) groups is 1. The first-order valence-corrected chi connectivity index (χ1v) is 6.82. The fourth-order valence-corrected chi connectivity index (χ4v) is 2.13. The van der Waals surface area contributed by atoms with Crippen molar-refractivity contribution in [2.24, 2.45) is 0 Å². The molecule has 0 saturated carbocycles. The third-order valence-corrected chi connectivity index (χ3v) is 3.72. The summed E-state index contributed by atoms with van der Waals surface area (Å²) in [5.74, 6) is -0.285. The molecular formula is C11H15ClN2O2S. The van der Waals surface area contributed by atoms with Gasteiger partial charge in [-0.1, -0.05) is 17.7 Å². The maximum Gasteiger partial charge on any atom is 0.270 e. The van der Waals surface area contributed by atoms with E-state index in [1.165, 1.54) is 11.8 Å². The number of amides is 1. The van der Waals surface area contributed by atoms with Crippen LogP contribution in [0.4, 0.5) is 0 Å². The Morgan fingerprint density at radius 2 is 2.35 bits per heavy atom. The second kappa shape index (κ2) is 6.83. The van der Waals surface area contributed by atoms with Gasteiger partial charge in [-0.25, -0.2) is 4.98 Å². The molecule has 2 unspecified atom stereocenters. The quantitative estimate of drug-likeness (QED) is 0.801. The third-order valence-electron chi connectivity index (χ3n) is 2.35. The second-order valence-corrected chi connectivity index (χ2v) is 5.03. The van der Waals surface area contributed by atoms with Crippen LogP contribution in [0.25, 0.3) is 0 Å². The number of nitrogens with one attached hydrogen (secondary N) is 1. The number of aromatic nitrogens is 1. The van der Waals surface area contributed by atoms with Crippen LogP contribution in [0.2, 0.25) is 5.15 Å². The molecule has 0 saturated heterocycles. The summed E-state index contributed by atoms with van der Waals surface area (Å²) in [4.78, 5) is 15.7. The van der Waals surface area contributed by atoms with E-state index in [4.69, 9.17) is 16.7 Å². The van der Waals surface area contributed by atoms with E-state index in [0.29, 0.717) is 0 Å². The molecule has 0 radical (unpaired) electrons. The van der Waals surface area contributed by atoms with E-state index in [1.54, 1.807) is 18.2 Å². The zero-order valence-electron chi connectivity index (χ0n) is 9.68. The zero-order chi connectivity index (χ0) is 12.8. The van der Waals surface area contributed by atoms with Gasteiger partial charge in [-0.3, -0.25) is 4.79 Å². The topological polar surface area (TPSA) is 62.2 Å². The van der Waals surface area contributed by atoms with Crippen LogP contribution in [0.3, 0.4) is 0 Å². The summed E-state index contributed by atoms with van der Waals surface area (Å²) >= 11 is 7.21. The third kappa shape index (κ3) is 4.18. The minimum atomic E-state index is -0.285. The van der Waals surface area contributed by atoms with Crippen molar-refractivity contribution in [1.29, 1.82) is 0 Å². The lowest BCUT2D eigenvalue weighted by Gasteiger charge is -2.21. The van der Waals surface area contributed by atoms with Crippen LogP contribution in [0.1, 0.15) is 17.4 Å². The van der Waals surface area contributed by atoms with Crippen LogP contribution in [0, 0.1) is 0 Å². The standard InChI is InChI=1S/C11H15ClN2O2S/c1-7(9(6-15)17-2)13-11(16)8-4-3-5-10(12)14-8/h3-5,7,9,15H,6H2,1-2H3,(H,13,16). The summed E-state index contributed by atoms with van der Waals surface area (Å²) < 4.78 is 0. The molecule has 1 heterocycles. The van der Waals surface area contributed by atoms with Gasteiger partial charge in [-0.2, -0.15) is 11.8 Å². The average molecular weight is 275 g/mol. The number of rotatable bonds is 5. The van der Waals surface area contributed by atoms with E-state index in [2.05, 4.69) is 10.3 Å². The normalized spacial score (nSPS) is 14.1. The lowest BCUT2D eigenvalue weighted by Crippen LogP contribution is -2.41. The van der Waals surface area contributed by atoms with Crippen molar-refractivity contribution in [3.8, 4) is 0 Å². The highest BCUT2D eigenvalue weighted by Gasteiger charge is 2.18. The first kappa shape index (κ1) is 14.3. The maximum absolute atomic E-state index is 11.8. The van der Waals surface area contributed by atoms with Crippen molar-refractivity contribution >= 4 is 29.3 Å². The summed E-state index contributed by atoms with van der Waals surface area (Å²) in [6, 6.07) is 4.75. The van der Waals surface area contributed by atoms with Crippen LogP contribution in [-0.4, -0.2) is 40.2 Å². The molecular weight excluding hydrogens is 260 g/mol. The van der Waals surface area contributed by atoms with Crippen molar-refractivity contribution in [3.05, 3.63) is 29.0 Å². The van der Waals surface area contributed by atoms with Crippen molar-refractivity contribution in [2.45, 2.75) is 18.2 Å². The highest BCUT2D eigenvalue weighted by Crippen LogP contribution is 2.11. The molecule has 6 heteroatoms. The average Bonchev–Trinajstić information content (AvgIpc) is 2.30. The number of aliphatic hydroxyl groups excluding tert-OH is 1. The van der Waals surface area contributed by atoms with Gasteiger partial charge in [0.25, 0.3) is 5.91 Å². The van der Waals surface area contributed by atoms with E-state index >= 15 is 0 Å². The number of carbonyl (C=O) groups is 1. The lowest BCUT2D eigenvalue weighted by atomic mass is 10.2. The van der Waals surface area contributed by atoms with Gasteiger partial charge < -0.3 is 10.4 Å². The molecule has 0 aromatic carbocycles. The Bertz CT molecular complexity index is 385.